The zero-order valence-corrected chi connectivity index (χ0v) is 22.3. The molecular weight excluding hydrogens is 514 g/mol. The maximum Gasteiger partial charge on any atom is 0.255 e. The zero-order chi connectivity index (χ0) is 27.1. The second kappa shape index (κ2) is 9.80. The van der Waals surface area contributed by atoms with Crippen molar-refractivity contribution in [2.75, 3.05) is 41.8 Å². The summed E-state index contributed by atoms with van der Waals surface area (Å²) in [5.74, 6) is 1.88. The first-order valence-corrected chi connectivity index (χ1v) is 13.1. The molecule has 0 unspecified atom stereocenters. The average Bonchev–Trinajstić information content (AvgIpc) is 3.42. The number of ether oxygens (including phenoxy) is 1. The van der Waals surface area contributed by atoms with Gasteiger partial charge >= 0.3 is 0 Å². The van der Waals surface area contributed by atoms with Crippen LogP contribution in [0.25, 0.3) is 11.6 Å². The summed E-state index contributed by atoms with van der Waals surface area (Å²) >= 11 is 6.68. The quantitative estimate of drug-likeness (QED) is 0.463. The number of nitrogens with zero attached hydrogens (tertiary/aromatic N) is 5. The van der Waals surface area contributed by atoms with E-state index in [9.17, 15) is 10.1 Å². The number of nitrogens with one attached hydrogen (secondary N) is 2. The lowest BCUT2D eigenvalue weighted by Crippen LogP contribution is -2.41. The molecule has 0 saturated carbocycles. The van der Waals surface area contributed by atoms with Crippen LogP contribution < -0.4 is 15.5 Å². The number of amides is 1. The Kier molecular flexibility index (Phi) is 6.29. The molecule has 2 aromatic carbocycles. The topological polar surface area (TPSA) is 116 Å². The van der Waals surface area contributed by atoms with E-state index in [0.29, 0.717) is 48.5 Å². The van der Waals surface area contributed by atoms with Gasteiger partial charge in [0.15, 0.2) is 0 Å². The van der Waals surface area contributed by atoms with Crippen LogP contribution in [0, 0.1) is 11.3 Å². The van der Waals surface area contributed by atoms with Gasteiger partial charge in [-0.3, -0.25) is 9.79 Å². The van der Waals surface area contributed by atoms with Crippen LogP contribution in [0.2, 0.25) is 5.02 Å². The molecule has 0 radical (unpaired) electrons. The normalized spacial score (nSPS) is 16.3. The molecule has 1 amide bonds. The highest BCUT2D eigenvalue weighted by molar-refractivity contribution is 6.40. The summed E-state index contributed by atoms with van der Waals surface area (Å²) in [6, 6.07) is 15.0. The SMILES string of the molecule is CC(C)(C#N)c1cccc(C(=O)Nc2ccc(Cl)c(C3=Cc4cnc(NC5COC5)nc4N4CCN=C34)c2)c1. The van der Waals surface area contributed by atoms with Gasteiger partial charge in [0.2, 0.25) is 5.95 Å². The minimum absolute atomic E-state index is 0.224. The molecular formula is C29H26ClN7O2. The third-order valence-corrected chi connectivity index (χ3v) is 7.37. The van der Waals surface area contributed by atoms with Crippen molar-refractivity contribution >= 4 is 52.4 Å². The van der Waals surface area contributed by atoms with Gasteiger partial charge in [-0.1, -0.05) is 23.7 Å². The van der Waals surface area contributed by atoms with Gasteiger partial charge in [0.05, 0.1) is 37.3 Å². The molecule has 0 spiro atoms. The van der Waals surface area contributed by atoms with E-state index in [2.05, 4.69) is 26.6 Å². The number of aliphatic imine (C=N–C) groups is 1. The lowest BCUT2D eigenvalue weighted by molar-refractivity contribution is 0.0208. The summed E-state index contributed by atoms with van der Waals surface area (Å²) in [7, 11) is 0. The number of carbonyl (C=O) groups is 1. The lowest BCUT2D eigenvalue weighted by Gasteiger charge is -2.30. The summed E-state index contributed by atoms with van der Waals surface area (Å²) < 4.78 is 5.24. The second-order valence-corrected chi connectivity index (χ2v) is 10.6. The van der Waals surface area contributed by atoms with E-state index in [1.165, 1.54) is 0 Å². The second-order valence-electron chi connectivity index (χ2n) is 10.2. The van der Waals surface area contributed by atoms with Gasteiger partial charge in [0.25, 0.3) is 5.91 Å². The number of anilines is 3. The van der Waals surface area contributed by atoms with Gasteiger partial charge < -0.3 is 20.3 Å². The van der Waals surface area contributed by atoms with E-state index in [0.717, 1.165) is 33.9 Å². The molecule has 39 heavy (non-hydrogen) atoms. The molecule has 6 rings (SSSR count). The molecule has 9 nitrogen and oxygen atoms in total. The molecule has 3 aliphatic heterocycles. The van der Waals surface area contributed by atoms with Gasteiger partial charge in [-0.05, 0) is 55.8 Å². The first-order valence-electron chi connectivity index (χ1n) is 12.7. The first kappa shape index (κ1) is 25.0. The van der Waals surface area contributed by atoms with Gasteiger partial charge in [-0.25, -0.2) is 4.98 Å². The van der Waals surface area contributed by atoms with Gasteiger partial charge in [-0.15, -0.1) is 0 Å². The Morgan fingerprint density at radius 3 is 2.85 bits per heavy atom. The van der Waals surface area contributed by atoms with Crippen LogP contribution in [0.5, 0.6) is 0 Å². The molecule has 2 N–H and O–H groups in total. The van der Waals surface area contributed by atoms with Crippen LogP contribution >= 0.6 is 11.6 Å². The summed E-state index contributed by atoms with van der Waals surface area (Å²) in [6.07, 6.45) is 3.79. The summed E-state index contributed by atoms with van der Waals surface area (Å²) in [5.41, 5.74) is 3.60. The van der Waals surface area contributed by atoms with E-state index in [4.69, 9.17) is 26.3 Å². The van der Waals surface area contributed by atoms with Crippen molar-refractivity contribution in [1.82, 2.24) is 9.97 Å². The number of hydrogen-bond donors (Lipinski definition) is 2. The van der Waals surface area contributed by atoms with Gasteiger partial charge in [0.1, 0.15) is 11.7 Å². The first-order chi connectivity index (χ1) is 18.8. The molecule has 0 atom stereocenters. The molecule has 3 aliphatic rings. The number of carbonyl (C=O) groups excluding carboxylic acids is 1. The van der Waals surface area contributed by atoms with Crippen LogP contribution in [0.3, 0.4) is 0 Å². The number of aromatic nitrogens is 2. The van der Waals surface area contributed by atoms with Crippen LogP contribution in [0.15, 0.2) is 53.7 Å². The summed E-state index contributed by atoms with van der Waals surface area (Å²) in [4.78, 5) is 29.2. The summed E-state index contributed by atoms with van der Waals surface area (Å²) in [5, 5.41) is 16.3. The fourth-order valence-electron chi connectivity index (χ4n) is 4.70. The lowest BCUT2D eigenvalue weighted by atomic mass is 9.85. The van der Waals surface area contributed by atoms with Crippen LogP contribution in [0.4, 0.5) is 17.5 Å². The number of halogens is 1. The molecule has 1 saturated heterocycles. The number of benzene rings is 2. The highest BCUT2D eigenvalue weighted by Gasteiger charge is 2.32. The van der Waals surface area contributed by atoms with Crippen LogP contribution in [-0.4, -0.2) is 54.1 Å². The number of amidine groups is 1. The molecule has 0 bridgehead atoms. The van der Waals surface area contributed by atoms with Crippen molar-refractivity contribution in [2.45, 2.75) is 25.3 Å². The van der Waals surface area contributed by atoms with Crippen LogP contribution in [-0.2, 0) is 10.2 Å². The standard InChI is InChI=1S/C29H26ClN7O2/c1-29(2,16-31)19-5-3-4-17(10-19)27(38)34-20-6-7-24(30)22(12-20)23-11-18-13-33-28(35-21-14-39-15-21)36-25(18)37-9-8-32-26(23)37/h3-7,10-13,21H,8-9,14-15H2,1-2H3,(H,34,38)(H,33,35,36). The largest absolute Gasteiger partial charge is 0.377 e. The monoisotopic (exact) mass is 539 g/mol. The van der Waals surface area contributed by atoms with Crippen molar-refractivity contribution in [3.05, 3.63) is 75.9 Å². The van der Waals surface area contributed by atoms with Crippen molar-refractivity contribution < 1.29 is 9.53 Å². The fourth-order valence-corrected chi connectivity index (χ4v) is 4.92. The molecule has 1 fully saturated rings. The smallest absolute Gasteiger partial charge is 0.255 e. The number of fused-ring (bicyclic) bond motifs is 3. The van der Waals surface area contributed by atoms with E-state index in [1.807, 2.05) is 32.1 Å². The van der Waals surface area contributed by atoms with Crippen molar-refractivity contribution in [1.29, 1.82) is 5.26 Å². The van der Waals surface area contributed by atoms with Gasteiger partial charge in [-0.2, -0.15) is 10.2 Å². The molecule has 4 heterocycles. The van der Waals surface area contributed by atoms with Gasteiger partial charge in [0, 0.05) is 45.7 Å². The summed E-state index contributed by atoms with van der Waals surface area (Å²) in [6.45, 7) is 6.29. The minimum Gasteiger partial charge on any atom is -0.377 e. The Morgan fingerprint density at radius 1 is 1.23 bits per heavy atom. The van der Waals surface area contributed by atoms with Crippen molar-refractivity contribution in [2.24, 2.45) is 4.99 Å². The molecule has 0 aliphatic carbocycles. The van der Waals surface area contributed by atoms with Crippen LogP contribution in [0.1, 0.15) is 40.9 Å². The molecule has 1 aromatic heterocycles. The number of hydrogen-bond acceptors (Lipinski definition) is 8. The minimum atomic E-state index is -0.701. The van der Waals surface area contributed by atoms with Crippen molar-refractivity contribution in [3.8, 4) is 6.07 Å². The highest BCUT2D eigenvalue weighted by Crippen LogP contribution is 2.38. The maximum atomic E-state index is 13.1. The molecule has 3 aromatic rings. The molecule has 10 heteroatoms. The Labute approximate surface area is 231 Å². The predicted octanol–water partition coefficient (Wildman–Crippen LogP) is 4.77. The van der Waals surface area contributed by atoms with E-state index in [-0.39, 0.29) is 11.9 Å². The molecule has 196 valence electrons. The Hall–Kier alpha value is -4.26. The Balaban J connectivity index is 1.30. The maximum absolute atomic E-state index is 13.1. The Bertz CT molecular complexity index is 1590. The third kappa shape index (κ3) is 4.73. The zero-order valence-electron chi connectivity index (χ0n) is 21.5. The van der Waals surface area contributed by atoms with E-state index < -0.39 is 5.41 Å². The fraction of sp³-hybridized carbons (Fsp3) is 0.276. The van der Waals surface area contributed by atoms with E-state index >= 15 is 0 Å². The average molecular weight is 540 g/mol. The number of nitriles is 1. The third-order valence-electron chi connectivity index (χ3n) is 7.04. The highest BCUT2D eigenvalue weighted by atomic mass is 35.5. The number of rotatable bonds is 6. The van der Waals surface area contributed by atoms with E-state index in [1.54, 1.807) is 36.5 Å². The predicted molar refractivity (Wildman–Crippen MR) is 152 cm³/mol. The Morgan fingerprint density at radius 2 is 2.08 bits per heavy atom. The van der Waals surface area contributed by atoms with Crippen molar-refractivity contribution in [3.63, 3.8) is 0 Å².